The van der Waals surface area contributed by atoms with E-state index in [0.717, 1.165) is 41.3 Å². The van der Waals surface area contributed by atoms with Crippen LogP contribution in [0.3, 0.4) is 0 Å². The average Bonchev–Trinajstić information content (AvgIpc) is 3.32. The van der Waals surface area contributed by atoms with E-state index < -0.39 is 0 Å². The maximum absolute atomic E-state index is 6.04. The highest BCUT2D eigenvalue weighted by Gasteiger charge is 2.24. The van der Waals surface area contributed by atoms with Gasteiger partial charge in [0.2, 0.25) is 11.2 Å². The second kappa shape index (κ2) is 7.60. The molecule has 0 aliphatic heterocycles. The molecule has 0 spiro atoms. The number of hydrogen-bond donors (Lipinski definition) is 1. The zero-order valence-electron chi connectivity index (χ0n) is 15.4. The van der Waals surface area contributed by atoms with Crippen LogP contribution >= 0.6 is 11.6 Å². The van der Waals surface area contributed by atoms with Crippen LogP contribution in [0.25, 0.3) is 11.2 Å². The van der Waals surface area contributed by atoms with Crippen molar-refractivity contribution in [2.24, 2.45) is 0 Å². The number of anilines is 1. The number of hydrogen-bond acceptors (Lipinski definition) is 6. The minimum atomic E-state index is 0.239. The number of fused-ring (bicyclic) bond motifs is 1. The summed E-state index contributed by atoms with van der Waals surface area (Å²) in [6.45, 7) is 0.553. The third-order valence-electron chi connectivity index (χ3n) is 5.01. The zero-order valence-corrected chi connectivity index (χ0v) is 16.2. The molecular formula is C19H22ClN5O2. The van der Waals surface area contributed by atoms with Crippen LogP contribution in [0.1, 0.15) is 37.3 Å². The van der Waals surface area contributed by atoms with Gasteiger partial charge in [-0.1, -0.05) is 25.0 Å². The topological polar surface area (TPSA) is 74.1 Å². The molecule has 27 heavy (non-hydrogen) atoms. The first-order chi connectivity index (χ1) is 13.2. The van der Waals surface area contributed by atoms with Gasteiger partial charge >= 0.3 is 0 Å². The van der Waals surface area contributed by atoms with Crippen molar-refractivity contribution in [3.63, 3.8) is 0 Å². The van der Waals surface area contributed by atoms with Gasteiger partial charge in [-0.05, 0) is 30.5 Å². The van der Waals surface area contributed by atoms with Gasteiger partial charge in [0.1, 0.15) is 5.52 Å². The Bertz CT molecular complexity index is 953. The Labute approximate surface area is 162 Å². The molecule has 2 heterocycles. The number of imidazole rings is 1. The smallest absolute Gasteiger partial charge is 0.224 e. The highest BCUT2D eigenvalue weighted by atomic mass is 35.5. The minimum Gasteiger partial charge on any atom is -0.493 e. The third kappa shape index (κ3) is 3.39. The summed E-state index contributed by atoms with van der Waals surface area (Å²) in [5.74, 6) is 2.20. The van der Waals surface area contributed by atoms with E-state index in [2.05, 4.69) is 19.9 Å². The van der Waals surface area contributed by atoms with Crippen LogP contribution in [0, 0.1) is 0 Å². The first-order valence-electron chi connectivity index (χ1n) is 9.05. The van der Waals surface area contributed by atoms with Crippen LogP contribution in [0.2, 0.25) is 5.28 Å². The van der Waals surface area contributed by atoms with E-state index in [9.17, 15) is 0 Å². The number of aromatic nitrogens is 4. The minimum absolute atomic E-state index is 0.239. The Morgan fingerprint density at radius 1 is 1.19 bits per heavy atom. The fourth-order valence-corrected chi connectivity index (χ4v) is 3.90. The first-order valence-corrected chi connectivity index (χ1v) is 9.43. The molecule has 0 amide bonds. The summed E-state index contributed by atoms with van der Waals surface area (Å²) in [7, 11) is 3.28. The van der Waals surface area contributed by atoms with E-state index in [1.165, 1.54) is 12.8 Å². The first kappa shape index (κ1) is 17.9. The second-order valence-corrected chi connectivity index (χ2v) is 6.94. The fraction of sp³-hybridized carbons (Fsp3) is 0.421. The number of rotatable bonds is 6. The number of halogens is 1. The highest BCUT2D eigenvalue weighted by Crippen LogP contribution is 2.36. The van der Waals surface area contributed by atoms with Crippen LogP contribution in [-0.4, -0.2) is 33.7 Å². The summed E-state index contributed by atoms with van der Waals surface area (Å²) in [6, 6.07) is 6.21. The maximum Gasteiger partial charge on any atom is 0.224 e. The van der Waals surface area contributed by atoms with Crippen molar-refractivity contribution >= 4 is 28.7 Å². The Morgan fingerprint density at radius 3 is 2.74 bits per heavy atom. The van der Waals surface area contributed by atoms with E-state index in [-0.39, 0.29) is 5.28 Å². The predicted octanol–water partition coefficient (Wildman–Crippen LogP) is 4.22. The van der Waals surface area contributed by atoms with Crippen LogP contribution in [0.15, 0.2) is 24.4 Å². The molecule has 1 N–H and O–H groups in total. The Hall–Kier alpha value is -2.54. The fourth-order valence-electron chi connectivity index (χ4n) is 3.77. The lowest BCUT2D eigenvalue weighted by atomic mass is 10.2. The van der Waals surface area contributed by atoms with Crippen molar-refractivity contribution in [3.05, 3.63) is 35.2 Å². The number of para-hydroxylation sites is 1. The average molecular weight is 388 g/mol. The Morgan fingerprint density at radius 2 is 2.00 bits per heavy atom. The van der Waals surface area contributed by atoms with Gasteiger partial charge in [-0.25, -0.2) is 9.97 Å². The summed E-state index contributed by atoms with van der Waals surface area (Å²) in [6.07, 6.45) is 6.33. The van der Waals surface area contributed by atoms with Gasteiger partial charge < -0.3 is 14.8 Å². The van der Waals surface area contributed by atoms with Crippen LogP contribution in [-0.2, 0) is 6.54 Å². The van der Waals surface area contributed by atoms with E-state index in [0.29, 0.717) is 18.3 Å². The quantitative estimate of drug-likeness (QED) is 0.638. The number of nitrogens with zero attached hydrogens (tertiary/aromatic N) is 4. The van der Waals surface area contributed by atoms with Crippen molar-refractivity contribution in [3.8, 4) is 11.5 Å². The molecule has 1 saturated carbocycles. The number of ether oxygens (including phenoxy) is 2. The molecule has 1 fully saturated rings. The summed E-state index contributed by atoms with van der Waals surface area (Å²) < 4.78 is 13.1. The van der Waals surface area contributed by atoms with Gasteiger partial charge in [-0.15, -0.1) is 0 Å². The monoisotopic (exact) mass is 387 g/mol. The Kier molecular flexibility index (Phi) is 5.03. The van der Waals surface area contributed by atoms with Gasteiger partial charge in [0.05, 0.1) is 20.4 Å². The van der Waals surface area contributed by atoms with E-state index in [1.54, 1.807) is 20.4 Å². The van der Waals surface area contributed by atoms with Crippen LogP contribution in [0.5, 0.6) is 11.5 Å². The lowest BCUT2D eigenvalue weighted by Gasteiger charge is -2.17. The molecule has 1 aromatic carbocycles. The largest absolute Gasteiger partial charge is 0.493 e. The molecule has 0 bridgehead atoms. The molecule has 0 radical (unpaired) electrons. The number of benzene rings is 1. The molecule has 2 aromatic heterocycles. The van der Waals surface area contributed by atoms with Gasteiger partial charge in [-0.3, -0.25) is 4.57 Å². The molecule has 1 aliphatic carbocycles. The van der Waals surface area contributed by atoms with Crippen molar-refractivity contribution in [2.45, 2.75) is 38.3 Å². The molecular weight excluding hydrogens is 366 g/mol. The normalized spacial score (nSPS) is 14.6. The van der Waals surface area contributed by atoms with E-state index in [1.807, 2.05) is 18.2 Å². The predicted molar refractivity (Wildman–Crippen MR) is 105 cm³/mol. The van der Waals surface area contributed by atoms with E-state index in [4.69, 9.17) is 26.1 Å². The lowest BCUT2D eigenvalue weighted by molar-refractivity contribution is 0.352. The molecule has 0 unspecified atom stereocenters. The van der Waals surface area contributed by atoms with Crippen molar-refractivity contribution < 1.29 is 9.47 Å². The molecule has 1 aliphatic rings. The highest BCUT2D eigenvalue weighted by molar-refractivity contribution is 6.28. The lowest BCUT2D eigenvalue weighted by Crippen LogP contribution is -2.12. The van der Waals surface area contributed by atoms with Crippen molar-refractivity contribution in [2.75, 3.05) is 19.5 Å². The summed E-state index contributed by atoms with van der Waals surface area (Å²) >= 11 is 6.04. The number of methoxy groups -OCH3 is 2. The van der Waals surface area contributed by atoms with Gasteiger partial charge in [-0.2, -0.15) is 4.98 Å². The summed E-state index contributed by atoms with van der Waals surface area (Å²) in [4.78, 5) is 13.2. The van der Waals surface area contributed by atoms with Crippen LogP contribution in [0.4, 0.5) is 5.95 Å². The molecule has 0 atom stereocenters. The second-order valence-electron chi connectivity index (χ2n) is 6.60. The van der Waals surface area contributed by atoms with Gasteiger partial charge in [0.15, 0.2) is 17.1 Å². The summed E-state index contributed by atoms with van der Waals surface area (Å²) in [5.41, 5.74) is 2.51. The summed E-state index contributed by atoms with van der Waals surface area (Å²) in [5, 5.41) is 3.69. The SMILES string of the molecule is COc1cccc(CNc2nc3cnc(Cl)nc3n2C2CCCC2)c1OC. The number of nitrogens with one attached hydrogen (secondary N) is 1. The Balaban J connectivity index is 1.69. The third-order valence-corrected chi connectivity index (χ3v) is 5.20. The molecule has 8 heteroatoms. The zero-order chi connectivity index (χ0) is 18.8. The maximum atomic E-state index is 6.04. The van der Waals surface area contributed by atoms with E-state index >= 15 is 0 Å². The van der Waals surface area contributed by atoms with Gasteiger partial charge in [0, 0.05) is 18.2 Å². The molecule has 7 nitrogen and oxygen atoms in total. The van der Waals surface area contributed by atoms with Crippen molar-refractivity contribution in [1.29, 1.82) is 0 Å². The molecule has 4 rings (SSSR count). The molecule has 0 saturated heterocycles. The molecule has 3 aromatic rings. The standard InChI is InChI=1S/C19H22ClN5O2/c1-26-15-9-5-6-12(16(15)27-2)10-22-19-23-14-11-21-18(20)24-17(14)25(19)13-7-3-4-8-13/h5-6,9,11,13H,3-4,7-8,10H2,1-2H3,(H,22,23). The molecule has 142 valence electrons. The van der Waals surface area contributed by atoms with Gasteiger partial charge in [0.25, 0.3) is 0 Å². The van der Waals surface area contributed by atoms with Crippen molar-refractivity contribution in [1.82, 2.24) is 19.5 Å². The van der Waals surface area contributed by atoms with Crippen LogP contribution < -0.4 is 14.8 Å².